The first kappa shape index (κ1) is 21.8. The Morgan fingerprint density at radius 3 is 2.61 bits per heavy atom. The largest absolute Gasteiger partial charge is 0.378 e. The number of hydrogen-bond donors (Lipinski definition) is 0. The van der Waals surface area contributed by atoms with E-state index >= 15 is 0 Å². The van der Waals surface area contributed by atoms with Crippen LogP contribution in [-0.2, 0) is 16.0 Å². The maximum absolute atomic E-state index is 13.1. The molecule has 2 amide bonds. The Kier molecular flexibility index (Phi) is 7.20. The lowest BCUT2D eigenvalue weighted by atomic mass is 9.90. The lowest BCUT2D eigenvalue weighted by molar-refractivity contribution is -0.132. The second-order valence-electron chi connectivity index (χ2n) is 8.15. The van der Waals surface area contributed by atoms with Crippen molar-refractivity contribution in [1.29, 1.82) is 0 Å². The maximum Gasteiger partial charge on any atom is 0.255 e. The van der Waals surface area contributed by atoms with Crippen molar-refractivity contribution in [2.24, 2.45) is 0 Å². The minimum atomic E-state index is 0.0117. The average Bonchev–Trinajstić information content (AvgIpc) is 2.83. The van der Waals surface area contributed by atoms with Crippen molar-refractivity contribution in [3.63, 3.8) is 0 Å². The maximum atomic E-state index is 13.1. The number of pyridine rings is 1. The van der Waals surface area contributed by atoms with E-state index in [1.54, 1.807) is 6.20 Å². The monoisotopic (exact) mass is 441 g/mol. The summed E-state index contributed by atoms with van der Waals surface area (Å²) in [7, 11) is 0. The number of aryl methyl sites for hydroxylation is 1. The Morgan fingerprint density at radius 1 is 1.06 bits per heavy atom. The van der Waals surface area contributed by atoms with E-state index < -0.39 is 0 Å². The van der Waals surface area contributed by atoms with E-state index in [-0.39, 0.29) is 17.7 Å². The molecule has 3 heterocycles. The van der Waals surface area contributed by atoms with Gasteiger partial charge >= 0.3 is 0 Å². The van der Waals surface area contributed by atoms with Crippen LogP contribution >= 0.6 is 11.6 Å². The standard InChI is InChI=1S/C24H28ClN3O3/c25-20-8-5-18(6-9-20)7-10-22(29)28-12-2-3-19(17-28)23-21(4-1-11-26-23)24(30)27-13-15-31-16-14-27/h1,4-6,8-9,11,19H,2-3,7,10,12-17H2. The summed E-state index contributed by atoms with van der Waals surface area (Å²) in [5.41, 5.74) is 2.58. The molecule has 0 aliphatic carbocycles. The number of carbonyl (C=O) groups excluding carboxylic acids is 2. The minimum absolute atomic E-state index is 0.0117. The fraction of sp³-hybridized carbons (Fsp3) is 0.458. The SMILES string of the molecule is O=C(CCc1ccc(Cl)cc1)N1CCCC(c2ncccc2C(=O)N2CCOCC2)C1. The number of ether oxygens (including phenoxy) is 1. The van der Waals surface area contributed by atoms with Crippen molar-refractivity contribution >= 4 is 23.4 Å². The van der Waals surface area contributed by atoms with Crippen LogP contribution < -0.4 is 0 Å². The van der Waals surface area contributed by atoms with Crippen molar-refractivity contribution in [3.05, 3.63) is 64.4 Å². The summed E-state index contributed by atoms with van der Waals surface area (Å²) < 4.78 is 5.37. The van der Waals surface area contributed by atoms with Gasteiger partial charge in [0.05, 0.1) is 24.5 Å². The Hall–Kier alpha value is -2.44. The predicted molar refractivity (Wildman–Crippen MR) is 119 cm³/mol. The van der Waals surface area contributed by atoms with Gasteiger partial charge in [-0.05, 0) is 49.1 Å². The van der Waals surface area contributed by atoms with Crippen molar-refractivity contribution in [2.45, 2.75) is 31.6 Å². The predicted octanol–water partition coefficient (Wildman–Crippen LogP) is 3.55. The second-order valence-corrected chi connectivity index (χ2v) is 8.58. The fourth-order valence-corrected chi connectivity index (χ4v) is 4.47. The average molecular weight is 442 g/mol. The van der Waals surface area contributed by atoms with Gasteiger partial charge in [-0.1, -0.05) is 23.7 Å². The molecule has 2 fully saturated rings. The van der Waals surface area contributed by atoms with E-state index in [0.29, 0.717) is 56.3 Å². The normalized spacial score (nSPS) is 19.3. The van der Waals surface area contributed by atoms with Crippen LogP contribution in [0.15, 0.2) is 42.6 Å². The first-order valence-corrected chi connectivity index (χ1v) is 11.3. The lowest BCUT2D eigenvalue weighted by Crippen LogP contribution is -2.42. The molecule has 4 rings (SSSR count). The lowest BCUT2D eigenvalue weighted by Gasteiger charge is -2.34. The highest BCUT2D eigenvalue weighted by Crippen LogP contribution is 2.29. The summed E-state index contributed by atoms with van der Waals surface area (Å²) in [5.74, 6) is 0.239. The summed E-state index contributed by atoms with van der Waals surface area (Å²) in [4.78, 5) is 34.3. The third-order valence-electron chi connectivity index (χ3n) is 6.07. The Morgan fingerprint density at radius 2 is 1.84 bits per heavy atom. The Bertz CT molecular complexity index is 913. The minimum Gasteiger partial charge on any atom is -0.378 e. The van der Waals surface area contributed by atoms with Crippen LogP contribution in [0.2, 0.25) is 5.02 Å². The molecule has 0 N–H and O–H groups in total. The van der Waals surface area contributed by atoms with Crippen molar-refractivity contribution in [1.82, 2.24) is 14.8 Å². The van der Waals surface area contributed by atoms with Crippen LogP contribution in [0, 0.1) is 0 Å². The molecule has 31 heavy (non-hydrogen) atoms. The summed E-state index contributed by atoms with van der Waals surface area (Å²) in [6.07, 6.45) is 4.75. The molecular weight excluding hydrogens is 414 g/mol. The van der Waals surface area contributed by atoms with Gasteiger partial charge in [0.15, 0.2) is 0 Å². The summed E-state index contributed by atoms with van der Waals surface area (Å²) in [6.45, 7) is 3.72. The van der Waals surface area contributed by atoms with Crippen LogP contribution in [-0.4, -0.2) is 66.0 Å². The number of rotatable bonds is 5. The Balaban J connectivity index is 1.41. The van der Waals surface area contributed by atoms with E-state index in [0.717, 1.165) is 30.6 Å². The quantitative estimate of drug-likeness (QED) is 0.711. The van der Waals surface area contributed by atoms with Gasteiger partial charge in [0.1, 0.15) is 0 Å². The topological polar surface area (TPSA) is 62.7 Å². The first-order valence-electron chi connectivity index (χ1n) is 11.0. The molecule has 0 bridgehead atoms. The van der Waals surface area contributed by atoms with E-state index in [9.17, 15) is 9.59 Å². The molecule has 1 aromatic heterocycles. The van der Waals surface area contributed by atoms with Crippen molar-refractivity contribution in [2.75, 3.05) is 39.4 Å². The van der Waals surface area contributed by atoms with Crippen LogP contribution in [0.1, 0.15) is 46.8 Å². The molecule has 2 aromatic rings. The molecule has 7 heteroatoms. The highest BCUT2D eigenvalue weighted by atomic mass is 35.5. The Labute approximate surface area is 188 Å². The van der Waals surface area contributed by atoms with Crippen molar-refractivity contribution < 1.29 is 14.3 Å². The fourth-order valence-electron chi connectivity index (χ4n) is 4.35. The molecule has 1 unspecified atom stereocenters. The third kappa shape index (κ3) is 5.43. The first-order chi connectivity index (χ1) is 15.1. The van der Waals surface area contributed by atoms with E-state index in [1.807, 2.05) is 46.2 Å². The molecule has 2 aliphatic rings. The number of morpholine rings is 1. The van der Waals surface area contributed by atoms with E-state index in [1.165, 1.54) is 0 Å². The van der Waals surface area contributed by atoms with Gasteiger partial charge < -0.3 is 14.5 Å². The zero-order valence-corrected chi connectivity index (χ0v) is 18.4. The molecule has 0 radical (unpaired) electrons. The van der Waals surface area contributed by atoms with E-state index in [2.05, 4.69) is 4.98 Å². The molecule has 164 valence electrons. The number of amides is 2. The number of carbonyl (C=O) groups is 2. The molecule has 2 aliphatic heterocycles. The molecule has 2 saturated heterocycles. The summed E-state index contributed by atoms with van der Waals surface area (Å²) in [6, 6.07) is 11.3. The summed E-state index contributed by atoms with van der Waals surface area (Å²) >= 11 is 5.94. The van der Waals surface area contributed by atoms with Gasteiger partial charge in [-0.2, -0.15) is 0 Å². The molecule has 1 aromatic carbocycles. The van der Waals surface area contributed by atoms with Gasteiger partial charge in [0.25, 0.3) is 5.91 Å². The number of likely N-dealkylation sites (tertiary alicyclic amines) is 1. The number of nitrogens with zero attached hydrogens (tertiary/aromatic N) is 3. The molecular formula is C24H28ClN3O3. The van der Waals surface area contributed by atoms with Gasteiger partial charge in [0.2, 0.25) is 5.91 Å². The number of piperidine rings is 1. The van der Waals surface area contributed by atoms with Gasteiger partial charge in [-0.3, -0.25) is 14.6 Å². The van der Waals surface area contributed by atoms with Crippen LogP contribution in [0.3, 0.4) is 0 Å². The smallest absolute Gasteiger partial charge is 0.255 e. The zero-order chi connectivity index (χ0) is 21.6. The number of halogens is 1. The van der Waals surface area contributed by atoms with E-state index in [4.69, 9.17) is 16.3 Å². The number of aromatic nitrogens is 1. The highest BCUT2D eigenvalue weighted by Gasteiger charge is 2.30. The molecule has 6 nitrogen and oxygen atoms in total. The summed E-state index contributed by atoms with van der Waals surface area (Å²) in [5, 5.41) is 0.701. The number of benzene rings is 1. The van der Waals surface area contributed by atoms with Crippen LogP contribution in [0.25, 0.3) is 0 Å². The van der Waals surface area contributed by atoms with Crippen LogP contribution in [0.5, 0.6) is 0 Å². The third-order valence-corrected chi connectivity index (χ3v) is 6.32. The van der Waals surface area contributed by atoms with Crippen LogP contribution in [0.4, 0.5) is 0 Å². The number of hydrogen-bond acceptors (Lipinski definition) is 4. The molecule has 0 spiro atoms. The van der Waals surface area contributed by atoms with Gasteiger partial charge in [-0.15, -0.1) is 0 Å². The van der Waals surface area contributed by atoms with Crippen molar-refractivity contribution in [3.8, 4) is 0 Å². The van der Waals surface area contributed by atoms with Gasteiger partial charge in [0, 0.05) is 49.7 Å². The molecule has 1 atom stereocenters. The highest BCUT2D eigenvalue weighted by molar-refractivity contribution is 6.30. The van der Waals surface area contributed by atoms with Gasteiger partial charge in [-0.25, -0.2) is 0 Å². The molecule has 0 saturated carbocycles. The second kappa shape index (κ2) is 10.2. The zero-order valence-electron chi connectivity index (χ0n) is 17.6.